The van der Waals surface area contributed by atoms with Crippen molar-refractivity contribution < 1.29 is 17.6 Å². The molecule has 7 nitrogen and oxygen atoms in total. The molecule has 0 radical (unpaired) electrons. The molecular weight excluding hydrogens is 430 g/mol. The zero-order chi connectivity index (χ0) is 20.3. The quantitative estimate of drug-likeness (QED) is 0.479. The summed E-state index contributed by atoms with van der Waals surface area (Å²) >= 11 is 2.99. The first-order valence-corrected chi connectivity index (χ1v) is 12.9. The molecular formula is C19H21N3O4S3. The van der Waals surface area contributed by atoms with E-state index in [4.69, 9.17) is 9.15 Å². The summed E-state index contributed by atoms with van der Waals surface area (Å²) in [7, 11) is -2.89. The number of rotatable bonds is 8. The summed E-state index contributed by atoms with van der Waals surface area (Å²) in [5.41, 5.74) is 2.13. The lowest BCUT2D eigenvalue weighted by Gasteiger charge is -2.03. The third kappa shape index (κ3) is 5.80. The Morgan fingerprint density at radius 1 is 1.28 bits per heavy atom. The highest BCUT2D eigenvalue weighted by Crippen LogP contribution is 2.26. The molecule has 0 aliphatic carbocycles. The number of ether oxygens (including phenoxy) is 1. The fourth-order valence-corrected chi connectivity index (χ4v) is 6.40. The van der Waals surface area contributed by atoms with E-state index in [1.165, 1.54) is 17.3 Å². The summed E-state index contributed by atoms with van der Waals surface area (Å²) in [6, 6.07) is 7.94. The molecule has 2 aromatic heterocycles. The minimum atomic E-state index is -2.89. The van der Waals surface area contributed by atoms with Crippen molar-refractivity contribution in [3.05, 3.63) is 51.8 Å². The largest absolute Gasteiger partial charge is 0.486 e. The van der Waals surface area contributed by atoms with Crippen LogP contribution in [-0.2, 0) is 28.6 Å². The van der Waals surface area contributed by atoms with Crippen molar-refractivity contribution in [1.29, 1.82) is 0 Å². The second kappa shape index (κ2) is 8.85. The Morgan fingerprint density at radius 3 is 2.86 bits per heavy atom. The van der Waals surface area contributed by atoms with Crippen LogP contribution in [0.15, 0.2) is 39.3 Å². The fourth-order valence-electron chi connectivity index (χ4n) is 3.06. The van der Waals surface area contributed by atoms with Gasteiger partial charge in [0.1, 0.15) is 17.4 Å². The van der Waals surface area contributed by atoms with Gasteiger partial charge in [0.15, 0.2) is 9.84 Å². The van der Waals surface area contributed by atoms with E-state index in [-0.39, 0.29) is 17.4 Å². The molecule has 3 heterocycles. The van der Waals surface area contributed by atoms with Crippen molar-refractivity contribution in [3.8, 4) is 5.75 Å². The van der Waals surface area contributed by atoms with E-state index in [2.05, 4.69) is 15.2 Å². The van der Waals surface area contributed by atoms with Crippen LogP contribution in [0, 0.1) is 12.8 Å². The van der Waals surface area contributed by atoms with Crippen LogP contribution in [0.4, 0.5) is 0 Å². The first kappa shape index (κ1) is 20.4. The zero-order valence-corrected chi connectivity index (χ0v) is 18.4. The SMILES string of the molecule is Cc1ccc(OCc2nc(CSc3nnc(CC4CCS(=O)(=O)C4)o3)cs2)cc1. The van der Waals surface area contributed by atoms with Crippen LogP contribution >= 0.6 is 23.1 Å². The van der Waals surface area contributed by atoms with Crippen molar-refractivity contribution in [2.75, 3.05) is 11.5 Å². The van der Waals surface area contributed by atoms with E-state index in [0.29, 0.717) is 36.3 Å². The molecule has 4 rings (SSSR count). The Morgan fingerprint density at radius 2 is 2.10 bits per heavy atom. The minimum absolute atomic E-state index is 0.0768. The number of benzene rings is 1. The third-order valence-electron chi connectivity index (χ3n) is 4.56. The fraction of sp³-hybridized carbons (Fsp3) is 0.421. The number of nitrogens with zero attached hydrogens (tertiary/aromatic N) is 3. The Balaban J connectivity index is 1.24. The number of aryl methyl sites for hydroxylation is 1. The molecule has 154 valence electrons. The molecule has 3 aromatic rings. The highest BCUT2D eigenvalue weighted by Gasteiger charge is 2.29. The van der Waals surface area contributed by atoms with E-state index >= 15 is 0 Å². The van der Waals surface area contributed by atoms with Crippen molar-refractivity contribution in [2.24, 2.45) is 5.92 Å². The van der Waals surface area contributed by atoms with Crippen LogP contribution in [0.2, 0.25) is 0 Å². The third-order valence-corrected chi connectivity index (χ3v) is 8.12. The van der Waals surface area contributed by atoms with Gasteiger partial charge in [0.05, 0.1) is 17.2 Å². The van der Waals surface area contributed by atoms with E-state index in [1.807, 2.05) is 36.6 Å². The Hall–Kier alpha value is -1.91. The first-order chi connectivity index (χ1) is 13.9. The van der Waals surface area contributed by atoms with Gasteiger partial charge in [-0.3, -0.25) is 0 Å². The maximum Gasteiger partial charge on any atom is 0.276 e. The number of thiazole rings is 1. The number of thioether (sulfide) groups is 1. The lowest BCUT2D eigenvalue weighted by atomic mass is 10.1. The number of hydrogen-bond donors (Lipinski definition) is 0. The molecule has 1 unspecified atom stereocenters. The topological polar surface area (TPSA) is 95.2 Å². The van der Waals surface area contributed by atoms with E-state index in [1.54, 1.807) is 11.3 Å². The van der Waals surface area contributed by atoms with Crippen molar-refractivity contribution >= 4 is 32.9 Å². The van der Waals surface area contributed by atoms with Crippen LogP contribution in [-0.4, -0.2) is 35.1 Å². The van der Waals surface area contributed by atoms with Crippen molar-refractivity contribution in [1.82, 2.24) is 15.2 Å². The van der Waals surface area contributed by atoms with Gasteiger partial charge >= 0.3 is 0 Å². The van der Waals surface area contributed by atoms with Gasteiger partial charge in [-0.05, 0) is 31.4 Å². The number of hydrogen-bond acceptors (Lipinski definition) is 9. The Kier molecular flexibility index (Phi) is 6.21. The molecule has 1 atom stereocenters. The number of aromatic nitrogens is 3. The van der Waals surface area contributed by atoms with Gasteiger partial charge in [0.2, 0.25) is 5.89 Å². The molecule has 1 aliphatic rings. The highest BCUT2D eigenvalue weighted by atomic mass is 32.2. The molecule has 10 heteroatoms. The maximum atomic E-state index is 11.6. The predicted octanol–water partition coefficient (Wildman–Crippen LogP) is 3.68. The molecule has 0 bridgehead atoms. The van der Waals surface area contributed by atoms with Gasteiger partial charge < -0.3 is 9.15 Å². The van der Waals surface area contributed by atoms with E-state index in [9.17, 15) is 8.42 Å². The smallest absolute Gasteiger partial charge is 0.276 e. The average Bonchev–Trinajstić information content (AvgIpc) is 3.40. The van der Waals surface area contributed by atoms with Gasteiger partial charge in [0, 0.05) is 17.6 Å². The summed E-state index contributed by atoms with van der Waals surface area (Å²) in [4.78, 5) is 4.58. The van der Waals surface area contributed by atoms with Gasteiger partial charge in [-0.2, -0.15) is 0 Å². The lowest BCUT2D eigenvalue weighted by Crippen LogP contribution is -2.07. The molecule has 0 N–H and O–H groups in total. The van der Waals surface area contributed by atoms with Crippen LogP contribution in [0.25, 0.3) is 0 Å². The van der Waals surface area contributed by atoms with E-state index in [0.717, 1.165) is 16.5 Å². The first-order valence-electron chi connectivity index (χ1n) is 9.23. The van der Waals surface area contributed by atoms with Gasteiger partial charge in [-0.25, -0.2) is 13.4 Å². The van der Waals surface area contributed by atoms with Crippen molar-refractivity contribution in [2.45, 2.75) is 37.3 Å². The number of sulfone groups is 1. The normalized spacial score (nSPS) is 18.2. The lowest BCUT2D eigenvalue weighted by molar-refractivity contribution is 0.305. The standard InChI is InChI=1S/C19H21N3O4S3/c1-13-2-4-16(5-3-13)25-9-18-20-15(10-27-18)11-28-19-22-21-17(26-19)8-14-6-7-29(23,24)12-14/h2-5,10,14H,6-9,11-12H2,1H3. The summed E-state index contributed by atoms with van der Waals surface area (Å²) in [6.07, 6.45) is 1.18. The maximum absolute atomic E-state index is 11.6. The summed E-state index contributed by atoms with van der Waals surface area (Å²) in [5.74, 6) is 2.50. The second-order valence-corrected chi connectivity index (χ2v) is 11.2. The van der Waals surface area contributed by atoms with Crippen LogP contribution < -0.4 is 4.74 Å². The summed E-state index contributed by atoms with van der Waals surface area (Å²) in [6.45, 7) is 2.48. The molecule has 1 aromatic carbocycles. The molecule has 1 saturated heterocycles. The Bertz CT molecular complexity index is 1060. The molecule has 0 saturated carbocycles. The average molecular weight is 452 g/mol. The molecule has 1 fully saturated rings. The highest BCUT2D eigenvalue weighted by molar-refractivity contribution is 7.98. The van der Waals surface area contributed by atoms with Gasteiger partial charge in [0.25, 0.3) is 5.22 Å². The molecule has 0 spiro atoms. The van der Waals surface area contributed by atoms with Crippen molar-refractivity contribution in [3.63, 3.8) is 0 Å². The monoisotopic (exact) mass is 451 g/mol. The van der Waals surface area contributed by atoms with Gasteiger partial charge in [-0.1, -0.05) is 29.5 Å². The summed E-state index contributed by atoms with van der Waals surface area (Å²) in [5, 5.41) is 11.5. The predicted molar refractivity (Wildman–Crippen MR) is 112 cm³/mol. The van der Waals surface area contributed by atoms with Crippen LogP contribution in [0.3, 0.4) is 0 Å². The minimum Gasteiger partial charge on any atom is -0.486 e. The Labute approximate surface area is 177 Å². The molecule has 29 heavy (non-hydrogen) atoms. The molecule has 1 aliphatic heterocycles. The van der Waals surface area contributed by atoms with Gasteiger partial charge in [-0.15, -0.1) is 21.5 Å². The van der Waals surface area contributed by atoms with Crippen LogP contribution in [0.1, 0.15) is 28.6 Å². The second-order valence-electron chi connectivity index (χ2n) is 7.06. The van der Waals surface area contributed by atoms with E-state index < -0.39 is 9.84 Å². The molecule has 0 amide bonds. The van der Waals surface area contributed by atoms with Crippen LogP contribution in [0.5, 0.6) is 5.75 Å². The summed E-state index contributed by atoms with van der Waals surface area (Å²) < 4.78 is 34.5. The zero-order valence-electron chi connectivity index (χ0n) is 15.9.